The molecule has 1 aliphatic rings. The molecular formula is C18H19NO3S. The molecule has 1 N–H and O–H groups in total. The summed E-state index contributed by atoms with van der Waals surface area (Å²) >= 11 is 1.56. The molecule has 0 radical (unpaired) electrons. The summed E-state index contributed by atoms with van der Waals surface area (Å²) in [6, 6.07) is 7.01. The van der Waals surface area contributed by atoms with Gasteiger partial charge in [-0.1, -0.05) is 12.1 Å². The lowest BCUT2D eigenvalue weighted by Crippen LogP contribution is -2.09. The first-order chi connectivity index (χ1) is 11.2. The zero-order valence-corrected chi connectivity index (χ0v) is 13.9. The number of ether oxygens (including phenoxy) is 1. The van der Waals surface area contributed by atoms with E-state index in [0.29, 0.717) is 22.7 Å². The SMILES string of the molecule is CCOC(=O)c1c(/N=C/c2ccccc2O)sc2c1CCCC2. The standard InChI is InChI=1S/C18H19NO3S/c1-2-22-18(21)16-13-8-4-6-10-15(13)23-17(16)19-11-12-7-3-5-9-14(12)20/h3,5,7,9,11,20H,2,4,6,8,10H2,1H3/b19-11+. The van der Waals surface area contributed by atoms with Crippen LogP contribution in [0.5, 0.6) is 5.75 Å². The number of aryl methyl sites for hydroxylation is 1. The van der Waals surface area contributed by atoms with Crippen LogP contribution in [-0.2, 0) is 17.6 Å². The Morgan fingerprint density at radius 3 is 2.91 bits per heavy atom. The summed E-state index contributed by atoms with van der Waals surface area (Å²) in [6.45, 7) is 2.16. The maximum absolute atomic E-state index is 12.3. The summed E-state index contributed by atoms with van der Waals surface area (Å²) in [5.41, 5.74) is 2.34. The van der Waals surface area contributed by atoms with Crippen molar-refractivity contribution < 1.29 is 14.6 Å². The van der Waals surface area contributed by atoms with Crippen LogP contribution in [0.1, 0.15) is 46.1 Å². The van der Waals surface area contributed by atoms with E-state index in [1.165, 1.54) is 4.88 Å². The molecule has 1 heterocycles. The minimum Gasteiger partial charge on any atom is -0.507 e. The Morgan fingerprint density at radius 1 is 1.35 bits per heavy atom. The molecule has 1 aromatic heterocycles. The molecule has 0 saturated heterocycles. The molecule has 23 heavy (non-hydrogen) atoms. The van der Waals surface area contributed by atoms with Crippen LogP contribution in [0.3, 0.4) is 0 Å². The summed E-state index contributed by atoms with van der Waals surface area (Å²) in [4.78, 5) is 18.1. The van der Waals surface area contributed by atoms with Gasteiger partial charge in [-0.25, -0.2) is 9.79 Å². The van der Waals surface area contributed by atoms with E-state index in [1.54, 1.807) is 35.8 Å². The average molecular weight is 329 g/mol. The quantitative estimate of drug-likeness (QED) is 0.673. The maximum atomic E-state index is 12.3. The van der Waals surface area contributed by atoms with Crippen molar-refractivity contribution in [3.8, 4) is 5.75 Å². The number of aromatic hydroxyl groups is 1. The lowest BCUT2D eigenvalue weighted by molar-refractivity contribution is 0.0526. The number of para-hydroxylation sites is 1. The maximum Gasteiger partial charge on any atom is 0.341 e. The van der Waals surface area contributed by atoms with Crippen molar-refractivity contribution in [2.45, 2.75) is 32.6 Å². The summed E-state index contributed by atoms with van der Waals surface area (Å²) in [5.74, 6) is -0.119. The first-order valence-corrected chi connectivity index (χ1v) is 8.66. The number of phenols is 1. The van der Waals surface area contributed by atoms with Crippen LogP contribution < -0.4 is 0 Å². The topological polar surface area (TPSA) is 58.9 Å². The van der Waals surface area contributed by atoms with Gasteiger partial charge in [0.15, 0.2) is 0 Å². The number of benzene rings is 1. The number of thiophene rings is 1. The predicted molar refractivity (Wildman–Crippen MR) is 92.3 cm³/mol. The van der Waals surface area contributed by atoms with Crippen molar-refractivity contribution in [3.05, 3.63) is 45.8 Å². The molecule has 0 amide bonds. The summed E-state index contributed by atoms with van der Waals surface area (Å²) in [6.07, 6.45) is 5.76. The Morgan fingerprint density at radius 2 is 2.13 bits per heavy atom. The fourth-order valence-corrected chi connectivity index (χ4v) is 4.00. The Kier molecular flexibility index (Phi) is 4.76. The second-order valence-electron chi connectivity index (χ2n) is 5.43. The second-order valence-corrected chi connectivity index (χ2v) is 6.51. The van der Waals surface area contributed by atoms with Crippen LogP contribution in [-0.4, -0.2) is 23.9 Å². The molecule has 1 aliphatic carbocycles. The number of carbonyl (C=O) groups is 1. The summed E-state index contributed by atoms with van der Waals surface area (Å²) in [7, 11) is 0. The third kappa shape index (κ3) is 3.29. The third-order valence-corrected chi connectivity index (χ3v) is 5.09. The van der Waals surface area contributed by atoms with E-state index in [4.69, 9.17) is 4.74 Å². The zero-order valence-electron chi connectivity index (χ0n) is 13.0. The highest BCUT2D eigenvalue weighted by Gasteiger charge is 2.25. The monoisotopic (exact) mass is 329 g/mol. The first-order valence-electron chi connectivity index (χ1n) is 7.84. The van der Waals surface area contributed by atoms with Gasteiger partial charge in [-0.15, -0.1) is 11.3 Å². The van der Waals surface area contributed by atoms with E-state index in [-0.39, 0.29) is 11.7 Å². The van der Waals surface area contributed by atoms with Gasteiger partial charge >= 0.3 is 5.97 Å². The number of phenolic OH excluding ortho intramolecular Hbond substituents is 1. The number of esters is 1. The highest BCUT2D eigenvalue weighted by atomic mass is 32.1. The molecule has 0 unspecified atom stereocenters. The highest BCUT2D eigenvalue weighted by Crippen LogP contribution is 2.40. The molecule has 0 fully saturated rings. The molecule has 0 aliphatic heterocycles. The van der Waals surface area contributed by atoms with Gasteiger partial charge < -0.3 is 9.84 Å². The Balaban J connectivity index is 1.99. The fourth-order valence-electron chi connectivity index (χ4n) is 2.78. The van der Waals surface area contributed by atoms with Crippen molar-refractivity contribution in [1.29, 1.82) is 0 Å². The van der Waals surface area contributed by atoms with Crippen LogP contribution in [0.15, 0.2) is 29.3 Å². The van der Waals surface area contributed by atoms with Crippen LogP contribution in [0.25, 0.3) is 0 Å². The van der Waals surface area contributed by atoms with Crippen LogP contribution >= 0.6 is 11.3 Å². The van der Waals surface area contributed by atoms with E-state index >= 15 is 0 Å². The molecule has 1 aromatic carbocycles. The average Bonchev–Trinajstić information content (AvgIpc) is 2.92. The first kappa shape index (κ1) is 15.7. The van der Waals surface area contributed by atoms with Crippen LogP contribution in [0.2, 0.25) is 0 Å². The fraction of sp³-hybridized carbons (Fsp3) is 0.333. The minimum atomic E-state index is -0.295. The van der Waals surface area contributed by atoms with E-state index in [1.807, 2.05) is 13.0 Å². The summed E-state index contributed by atoms with van der Waals surface area (Å²) in [5, 5.41) is 10.5. The van der Waals surface area contributed by atoms with E-state index in [9.17, 15) is 9.90 Å². The van der Waals surface area contributed by atoms with E-state index in [0.717, 1.165) is 31.2 Å². The molecule has 0 atom stereocenters. The Labute approximate surface area is 139 Å². The lowest BCUT2D eigenvalue weighted by Gasteiger charge is -2.11. The largest absolute Gasteiger partial charge is 0.507 e. The van der Waals surface area contributed by atoms with Gasteiger partial charge in [0.2, 0.25) is 0 Å². The number of carbonyl (C=O) groups excluding carboxylic acids is 1. The molecule has 4 nitrogen and oxygen atoms in total. The molecular weight excluding hydrogens is 310 g/mol. The lowest BCUT2D eigenvalue weighted by atomic mass is 9.95. The Bertz CT molecular complexity index is 749. The van der Waals surface area contributed by atoms with Gasteiger partial charge in [0.25, 0.3) is 0 Å². The van der Waals surface area contributed by atoms with Gasteiger partial charge in [0.05, 0.1) is 12.2 Å². The van der Waals surface area contributed by atoms with Gasteiger partial charge in [0.1, 0.15) is 10.8 Å². The van der Waals surface area contributed by atoms with Gasteiger partial charge in [-0.2, -0.15) is 0 Å². The van der Waals surface area contributed by atoms with Crippen molar-refractivity contribution in [3.63, 3.8) is 0 Å². The van der Waals surface area contributed by atoms with Gasteiger partial charge in [-0.3, -0.25) is 0 Å². The number of hydrogen-bond donors (Lipinski definition) is 1. The van der Waals surface area contributed by atoms with Gasteiger partial charge in [-0.05, 0) is 50.3 Å². The van der Waals surface area contributed by atoms with Crippen LogP contribution in [0.4, 0.5) is 5.00 Å². The van der Waals surface area contributed by atoms with Crippen molar-refractivity contribution in [2.75, 3.05) is 6.61 Å². The number of aliphatic imine (C=N–C) groups is 1. The predicted octanol–water partition coefficient (Wildman–Crippen LogP) is 4.26. The number of nitrogens with zero attached hydrogens (tertiary/aromatic N) is 1. The smallest absolute Gasteiger partial charge is 0.341 e. The number of fused-ring (bicyclic) bond motifs is 1. The molecule has 0 spiro atoms. The molecule has 2 aromatic rings. The third-order valence-electron chi connectivity index (χ3n) is 3.89. The van der Waals surface area contributed by atoms with E-state index < -0.39 is 0 Å². The Hall–Kier alpha value is -2.14. The normalized spacial score (nSPS) is 14.0. The summed E-state index contributed by atoms with van der Waals surface area (Å²) < 4.78 is 5.21. The highest BCUT2D eigenvalue weighted by molar-refractivity contribution is 7.16. The number of rotatable bonds is 4. The molecule has 0 saturated carbocycles. The van der Waals surface area contributed by atoms with Crippen LogP contribution in [0, 0.1) is 0 Å². The zero-order chi connectivity index (χ0) is 16.2. The van der Waals surface area contributed by atoms with Crippen molar-refractivity contribution >= 4 is 28.5 Å². The van der Waals surface area contributed by atoms with E-state index in [2.05, 4.69) is 4.99 Å². The van der Waals surface area contributed by atoms with Gasteiger partial charge in [0, 0.05) is 16.7 Å². The molecule has 5 heteroatoms. The van der Waals surface area contributed by atoms with Crippen molar-refractivity contribution in [2.24, 2.45) is 4.99 Å². The minimum absolute atomic E-state index is 0.176. The number of hydrogen-bond acceptors (Lipinski definition) is 5. The molecule has 3 rings (SSSR count). The van der Waals surface area contributed by atoms with Crippen molar-refractivity contribution in [1.82, 2.24) is 0 Å². The molecule has 120 valence electrons. The molecule has 0 bridgehead atoms. The second kappa shape index (κ2) is 6.96.